The van der Waals surface area contributed by atoms with Gasteiger partial charge >= 0.3 is 0 Å². The molecule has 2 heterocycles. The molecule has 0 spiro atoms. The fraction of sp³-hybridized carbons (Fsp3) is 0.391. The van der Waals surface area contributed by atoms with Gasteiger partial charge in [0.1, 0.15) is 10.1 Å². The molecule has 1 atom stereocenters. The number of nitrogens with zero attached hydrogens (tertiary/aromatic N) is 2. The number of piperazine rings is 1. The van der Waals surface area contributed by atoms with Gasteiger partial charge in [-0.2, -0.15) is 5.26 Å². The minimum Gasteiger partial charge on any atom is -0.314 e. The molecular formula is C23H24ClN3O3S2. The monoisotopic (exact) mass is 489 g/mol. The zero-order valence-electron chi connectivity index (χ0n) is 17.9. The first-order valence-electron chi connectivity index (χ1n) is 10.5. The number of fused-ring (bicyclic) bond motifs is 1. The highest BCUT2D eigenvalue weighted by Crippen LogP contribution is 2.41. The van der Waals surface area contributed by atoms with Crippen LogP contribution in [0.4, 0.5) is 0 Å². The second-order valence-electron chi connectivity index (χ2n) is 8.34. The molecule has 1 N–H and O–H groups in total. The lowest BCUT2D eigenvalue weighted by Crippen LogP contribution is -2.45. The maximum Gasteiger partial charge on any atom is 0.216 e. The van der Waals surface area contributed by atoms with Gasteiger partial charge in [-0.05, 0) is 40.6 Å². The van der Waals surface area contributed by atoms with E-state index in [4.69, 9.17) is 11.6 Å². The van der Waals surface area contributed by atoms with Gasteiger partial charge in [0.05, 0.1) is 11.0 Å². The molecule has 1 aromatic carbocycles. The van der Waals surface area contributed by atoms with E-state index in [9.17, 15) is 18.5 Å². The number of carbonyl (C=O) groups is 1. The van der Waals surface area contributed by atoms with Gasteiger partial charge in [0.15, 0.2) is 5.78 Å². The number of hydrogen-bond donors (Lipinski definition) is 1. The van der Waals surface area contributed by atoms with Gasteiger partial charge < -0.3 is 5.32 Å². The standard InChI is InChI=1S/C23H24ClN3O3S2/c1-14(2)23-17(12-25)19(28)11-21(18(23)13-27-7-5-26-6-8-27)32(29,30)22-9-15-3-4-16(24)10-20(15)31-22/h3-4,9-11,14,17,26H,5-8,13H2,1-2H3. The number of nitriles is 1. The average Bonchev–Trinajstić information content (AvgIpc) is 3.19. The molecule has 1 aromatic heterocycles. The number of carbonyl (C=O) groups excluding carboxylic acids is 1. The van der Waals surface area contributed by atoms with Crippen molar-refractivity contribution in [2.45, 2.75) is 18.1 Å². The molecule has 1 saturated heterocycles. The largest absolute Gasteiger partial charge is 0.314 e. The molecule has 1 unspecified atom stereocenters. The third-order valence-corrected chi connectivity index (χ3v) is 9.50. The molecule has 0 saturated carbocycles. The number of rotatable bonds is 5. The maximum atomic E-state index is 13.8. The summed E-state index contributed by atoms with van der Waals surface area (Å²) in [7, 11) is -3.96. The van der Waals surface area contributed by atoms with Crippen LogP contribution >= 0.6 is 22.9 Å². The smallest absolute Gasteiger partial charge is 0.216 e. The molecule has 1 fully saturated rings. The van der Waals surface area contributed by atoms with Crippen LogP contribution in [0, 0.1) is 23.2 Å². The van der Waals surface area contributed by atoms with Gasteiger partial charge in [0, 0.05) is 48.5 Å². The summed E-state index contributed by atoms with van der Waals surface area (Å²) in [4.78, 5) is 15.0. The van der Waals surface area contributed by atoms with Gasteiger partial charge in [-0.1, -0.05) is 31.5 Å². The van der Waals surface area contributed by atoms with E-state index in [1.165, 1.54) is 6.08 Å². The number of benzene rings is 1. The summed E-state index contributed by atoms with van der Waals surface area (Å²) >= 11 is 7.22. The summed E-state index contributed by atoms with van der Waals surface area (Å²) in [6, 6.07) is 8.98. The van der Waals surface area contributed by atoms with E-state index in [1.807, 2.05) is 13.8 Å². The summed E-state index contributed by atoms with van der Waals surface area (Å²) in [5, 5.41) is 14.3. The molecule has 1 aliphatic carbocycles. The van der Waals surface area contributed by atoms with Crippen molar-refractivity contribution in [3.8, 4) is 6.07 Å². The van der Waals surface area contributed by atoms with Crippen molar-refractivity contribution in [2.24, 2.45) is 11.8 Å². The van der Waals surface area contributed by atoms with Gasteiger partial charge in [-0.25, -0.2) is 8.42 Å². The van der Waals surface area contributed by atoms with Crippen LogP contribution in [0.25, 0.3) is 10.1 Å². The third kappa shape index (κ3) is 4.28. The van der Waals surface area contributed by atoms with E-state index in [-0.39, 0.29) is 15.0 Å². The predicted octanol–water partition coefficient (Wildman–Crippen LogP) is 3.79. The minimum absolute atomic E-state index is 0.0221. The topological polar surface area (TPSA) is 90.3 Å². The number of nitrogens with one attached hydrogen (secondary N) is 1. The van der Waals surface area contributed by atoms with E-state index in [0.29, 0.717) is 22.7 Å². The Morgan fingerprint density at radius 3 is 2.66 bits per heavy atom. The zero-order chi connectivity index (χ0) is 23.0. The van der Waals surface area contributed by atoms with Crippen molar-refractivity contribution >= 4 is 48.6 Å². The molecule has 168 valence electrons. The van der Waals surface area contributed by atoms with Crippen molar-refractivity contribution in [1.29, 1.82) is 5.26 Å². The number of allylic oxidation sites excluding steroid dienone is 2. The molecule has 2 aromatic rings. The van der Waals surface area contributed by atoms with Crippen LogP contribution in [0.1, 0.15) is 13.8 Å². The molecule has 9 heteroatoms. The summed E-state index contributed by atoms with van der Waals surface area (Å²) in [6.07, 6.45) is 1.17. The number of thiophene rings is 1. The molecule has 1 aliphatic heterocycles. The summed E-state index contributed by atoms with van der Waals surface area (Å²) in [5.41, 5.74) is 1.20. The number of ketones is 1. The maximum absolute atomic E-state index is 13.8. The highest BCUT2D eigenvalue weighted by molar-refractivity contribution is 7.97. The highest BCUT2D eigenvalue weighted by Gasteiger charge is 2.38. The Morgan fingerprint density at radius 1 is 1.28 bits per heavy atom. The van der Waals surface area contributed by atoms with E-state index >= 15 is 0 Å². The highest BCUT2D eigenvalue weighted by atomic mass is 35.5. The van der Waals surface area contributed by atoms with Crippen LogP contribution in [0.5, 0.6) is 0 Å². The van der Waals surface area contributed by atoms with Gasteiger partial charge in [-0.3, -0.25) is 9.69 Å². The lowest BCUT2D eigenvalue weighted by atomic mass is 9.80. The Morgan fingerprint density at radius 2 is 2.00 bits per heavy atom. The molecule has 2 aliphatic rings. The fourth-order valence-corrected chi connectivity index (χ4v) is 7.63. The minimum atomic E-state index is -3.96. The Bertz CT molecular complexity index is 1280. The van der Waals surface area contributed by atoms with Crippen molar-refractivity contribution in [2.75, 3.05) is 32.7 Å². The first-order valence-corrected chi connectivity index (χ1v) is 13.2. The van der Waals surface area contributed by atoms with E-state index in [2.05, 4.69) is 16.3 Å². The second kappa shape index (κ2) is 9.08. The molecule has 4 rings (SSSR count). The van der Waals surface area contributed by atoms with Crippen molar-refractivity contribution in [3.63, 3.8) is 0 Å². The summed E-state index contributed by atoms with van der Waals surface area (Å²) in [5.74, 6) is -1.56. The van der Waals surface area contributed by atoms with Crippen LogP contribution in [0.2, 0.25) is 5.02 Å². The Balaban J connectivity index is 1.86. The van der Waals surface area contributed by atoms with E-state index in [0.717, 1.165) is 47.6 Å². The van der Waals surface area contributed by atoms with Crippen LogP contribution in [0.15, 0.2) is 50.6 Å². The first kappa shape index (κ1) is 23.1. The summed E-state index contributed by atoms with van der Waals surface area (Å²) in [6.45, 7) is 7.37. The number of sulfone groups is 1. The van der Waals surface area contributed by atoms with Gasteiger partial charge in [-0.15, -0.1) is 11.3 Å². The van der Waals surface area contributed by atoms with Gasteiger partial charge in [0.2, 0.25) is 9.84 Å². The molecular weight excluding hydrogens is 466 g/mol. The molecule has 6 nitrogen and oxygen atoms in total. The molecule has 0 radical (unpaired) electrons. The van der Waals surface area contributed by atoms with E-state index in [1.54, 1.807) is 24.3 Å². The SMILES string of the molecule is CC(C)C1=C(CN2CCNCC2)C(S(=O)(=O)c2cc3ccc(Cl)cc3s2)=CC(=O)C1C#N. The molecule has 0 bridgehead atoms. The quantitative estimate of drug-likeness (QED) is 0.687. The van der Waals surface area contributed by atoms with Crippen LogP contribution in [0.3, 0.4) is 0 Å². The van der Waals surface area contributed by atoms with Crippen molar-refractivity contribution in [3.05, 3.63) is 51.4 Å². The van der Waals surface area contributed by atoms with Crippen LogP contribution < -0.4 is 5.32 Å². The Labute approximate surface area is 197 Å². The lowest BCUT2D eigenvalue weighted by molar-refractivity contribution is -0.116. The predicted molar refractivity (Wildman–Crippen MR) is 127 cm³/mol. The fourth-order valence-electron chi connectivity index (χ4n) is 4.31. The summed E-state index contributed by atoms with van der Waals surface area (Å²) < 4.78 is 28.6. The molecule has 0 amide bonds. The Hall–Kier alpha value is -2.02. The zero-order valence-corrected chi connectivity index (χ0v) is 20.3. The molecule has 32 heavy (non-hydrogen) atoms. The van der Waals surface area contributed by atoms with Gasteiger partial charge in [0.25, 0.3) is 0 Å². The van der Waals surface area contributed by atoms with Crippen LogP contribution in [-0.4, -0.2) is 51.8 Å². The first-order chi connectivity index (χ1) is 15.2. The normalized spacial score (nSPS) is 20.7. The van der Waals surface area contributed by atoms with E-state index < -0.39 is 21.5 Å². The van der Waals surface area contributed by atoms with Crippen LogP contribution in [-0.2, 0) is 14.6 Å². The Kier molecular flexibility index (Phi) is 6.57. The average molecular weight is 490 g/mol. The lowest BCUT2D eigenvalue weighted by Gasteiger charge is -2.33. The second-order valence-corrected chi connectivity index (χ2v) is 12.0. The number of hydrogen-bond acceptors (Lipinski definition) is 7. The van der Waals surface area contributed by atoms with Crippen molar-refractivity contribution in [1.82, 2.24) is 10.2 Å². The van der Waals surface area contributed by atoms with Crippen molar-refractivity contribution < 1.29 is 13.2 Å². The third-order valence-electron chi connectivity index (χ3n) is 5.87. The number of halogens is 1.